The average molecular weight is 1100 g/mol. The first-order valence-electron chi connectivity index (χ1n) is 32.6. The Bertz CT molecular complexity index is 5470. The van der Waals surface area contributed by atoms with Crippen LogP contribution in [0.2, 0.25) is 0 Å². The van der Waals surface area contributed by atoms with Gasteiger partial charge in [-0.05, 0) is 161 Å². The van der Waals surface area contributed by atoms with Gasteiger partial charge in [0.05, 0.1) is 44.4 Å². The maximum absolute atomic E-state index is 10.1. The lowest BCUT2D eigenvalue weighted by atomic mass is 9.78. The number of rotatable bonds is 6. The Morgan fingerprint density at radius 1 is 0.452 bits per heavy atom. The number of hydrogen-bond acceptors (Lipinski definition) is 3. The number of fused-ring (bicyclic) bond motifs is 13. The fourth-order valence-corrected chi connectivity index (χ4v) is 12.2. The van der Waals surface area contributed by atoms with Crippen LogP contribution in [0.25, 0.3) is 128 Å². The Labute approximate surface area is 501 Å². The molecule has 14 aromatic rings. The van der Waals surface area contributed by atoms with Crippen molar-refractivity contribution < 1.29 is 24.7 Å². The Hall–Kier alpha value is -9.78. The highest BCUT2D eigenvalue weighted by Crippen LogP contribution is 2.48. The van der Waals surface area contributed by atoms with E-state index in [4.69, 9.17) is 14.1 Å². The lowest BCUT2D eigenvalue weighted by Gasteiger charge is -2.26. The van der Waals surface area contributed by atoms with Gasteiger partial charge in [-0.25, -0.2) is 4.98 Å². The molecule has 1 aliphatic heterocycles. The summed E-state index contributed by atoms with van der Waals surface area (Å²) in [4.78, 5) is 4.92. The van der Waals surface area contributed by atoms with Gasteiger partial charge in [0.1, 0.15) is 28.5 Å². The van der Waals surface area contributed by atoms with Gasteiger partial charge in [0.2, 0.25) is 0 Å². The number of pyridine rings is 1. The van der Waals surface area contributed by atoms with Gasteiger partial charge in [-0.15, -0.1) is 0 Å². The minimum atomic E-state index is -0.540. The van der Waals surface area contributed by atoms with Gasteiger partial charge in [-0.1, -0.05) is 202 Å². The molecule has 4 aromatic heterocycles. The number of nitrogens with zero attached hydrogens (tertiary/aromatic N) is 4. The van der Waals surface area contributed by atoms with E-state index in [0.717, 1.165) is 77.4 Å². The van der Waals surface area contributed by atoms with Crippen LogP contribution in [0, 0.1) is 6.33 Å². The molecule has 0 bridgehead atoms. The molecule has 0 aliphatic carbocycles. The van der Waals surface area contributed by atoms with Crippen LogP contribution >= 0.6 is 0 Å². The van der Waals surface area contributed by atoms with E-state index in [1.165, 1.54) is 0 Å². The maximum Gasteiger partial charge on any atom is 0.269 e. The number of ether oxygens (including phenoxy) is 1. The van der Waals surface area contributed by atoms with E-state index in [0.29, 0.717) is 56.2 Å². The number of furan rings is 1. The highest BCUT2D eigenvalue weighted by Gasteiger charge is 2.29. The average Bonchev–Trinajstić information content (AvgIpc) is 1.47. The van der Waals surface area contributed by atoms with Crippen molar-refractivity contribution in [2.75, 3.05) is 0 Å². The first-order chi connectivity index (χ1) is 43.8. The molecule has 0 fully saturated rings. The molecule has 5 heterocycles. The van der Waals surface area contributed by atoms with Gasteiger partial charge in [0, 0.05) is 33.8 Å². The molecule has 0 radical (unpaired) electrons. The van der Waals surface area contributed by atoms with E-state index < -0.39 is 36.3 Å². The van der Waals surface area contributed by atoms with Gasteiger partial charge in [0.25, 0.3) is 6.33 Å². The number of para-hydroxylation sites is 3. The lowest BCUT2D eigenvalue weighted by Crippen LogP contribution is -2.32. The number of aromatic nitrogens is 4. The third-order valence-corrected chi connectivity index (χ3v) is 16.7. The molecule has 0 saturated heterocycles. The number of imidazole rings is 1. The molecule has 84 heavy (non-hydrogen) atoms. The second kappa shape index (κ2) is 18.9. The summed E-state index contributed by atoms with van der Waals surface area (Å²) in [7, 11) is 0. The molecular formula is C78H64N4O2. The quantitative estimate of drug-likeness (QED) is 0.123. The van der Waals surface area contributed by atoms with E-state index in [2.05, 4.69) is 146 Å². The second-order valence-electron chi connectivity index (χ2n) is 25.3. The van der Waals surface area contributed by atoms with Crippen LogP contribution in [0.5, 0.6) is 11.5 Å². The minimum Gasteiger partial charge on any atom is -0.458 e. The van der Waals surface area contributed by atoms with Gasteiger partial charge in [0.15, 0.2) is 0 Å². The highest BCUT2D eigenvalue weighted by atomic mass is 16.5. The highest BCUT2D eigenvalue weighted by molar-refractivity contribution is 6.10. The predicted molar refractivity (Wildman–Crippen MR) is 346 cm³/mol. The van der Waals surface area contributed by atoms with Crippen molar-refractivity contribution in [3.8, 4) is 84.3 Å². The van der Waals surface area contributed by atoms with Crippen molar-refractivity contribution in [3.63, 3.8) is 0 Å². The molecule has 0 spiro atoms. The number of hydrogen-bond donors (Lipinski definition) is 0. The minimum absolute atomic E-state index is 0.0484. The summed E-state index contributed by atoms with van der Waals surface area (Å²) in [5.74, 6) is 1.92. The van der Waals surface area contributed by atoms with E-state index in [1.807, 2.05) is 112 Å². The molecule has 0 amide bonds. The Kier molecular flexibility index (Phi) is 9.66. The second-order valence-corrected chi connectivity index (χ2v) is 25.3. The molecule has 10 aromatic carbocycles. The van der Waals surface area contributed by atoms with Crippen LogP contribution in [-0.2, 0) is 16.2 Å². The molecular weight excluding hydrogens is 1020 g/mol. The fourth-order valence-electron chi connectivity index (χ4n) is 12.2. The van der Waals surface area contributed by atoms with Gasteiger partial charge >= 0.3 is 0 Å². The summed E-state index contributed by atoms with van der Waals surface area (Å²) >= 11 is 0. The van der Waals surface area contributed by atoms with Gasteiger partial charge in [-0.2, -0.15) is 0 Å². The van der Waals surface area contributed by atoms with Crippen molar-refractivity contribution in [2.45, 2.75) is 78.6 Å². The Morgan fingerprint density at radius 2 is 1.07 bits per heavy atom. The molecule has 1 aliphatic rings. The van der Waals surface area contributed by atoms with Crippen LogP contribution in [0.4, 0.5) is 0 Å². The van der Waals surface area contributed by atoms with E-state index in [9.17, 15) is 11.0 Å². The summed E-state index contributed by atoms with van der Waals surface area (Å²) < 4.78 is 96.8. The summed E-state index contributed by atoms with van der Waals surface area (Å²) in [5.41, 5.74) is 12.2. The largest absolute Gasteiger partial charge is 0.458 e. The zero-order chi connectivity index (χ0) is 64.4. The predicted octanol–water partition coefficient (Wildman–Crippen LogP) is 20.4. The molecule has 6 heteroatoms. The fraction of sp³-hybridized carbons (Fsp3) is 0.154. The molecule has 6 nitrogen and oxygen atoms in total. The van der Waals surface area contributed by atoms with Crippen LogP contribution in [-0.4, -0.2) is 14.1 Å². The molecule has 408 valence electrons. The van der Waals surface area contributed by atoms with Crippen molar-refractivity contribution in [3.05, 3.63) is 247 Å². The third kappa shape index (κ3) is 8.45. The topological polar surface area (TPSA) is 49.0 Å². The van der Waals surface area contributed by atoms with Crippen LogP contribution in [0.3, 0.4) is 0 Å². The normalized spacial score (nSPS) is 13.9. The summed E-state index contributed by atoms with van der Waals surface area (Å²) in [6.07, 6.45) is 5.71. The SMILES string of the molecule is [2H]c1c([2H])c([2H])c2c(c1[2H])-c1cccc(-c3ccc4oc5ccccc5c4c3)c1-[n+]1[c-]n(-c3cccc(Oc4ccc5c6ccccc6n(-c6cc(C(C)(C)C)ccn6)c5c4)c3)c3cc(-c4cc(C(C)(C)C)cc(C(C)(C)C)c4)cc(c31)-c1c([2H])c([2H])c([2H])c([2H])c1-2. The lowest BCUT2D eigenvalue weighted by molar-refractivity contribution is -0.570. The van der Waals surface area contributed by atoms with Crippen LogP contribution in [0.15, 0.2) is 229 Å². The molecule has 0 saturated carbocycles. The van der Waals surface area contributed by atoms with E-state index in [-0.39, 0.29) is 50.6 Å². The van der Waals surface area contributed by atoms with Gasteiger partial charge in [-0.3, -0.25) is 13.7 Å². The monoisotopic (exact) mass is 1100 g/mol. The molecule has 0 atom stereocenters. The Balaban J connectivity index is 1.05. The summed E-state index contributed by atoms with van der Waals surface area (Å²) in [6.45, 7) is 19.7. The first-order valence-corrected chi connectivity index (χ1v) is 28.6. The van der Waals surface area contributed by atoms with E-state index in [1.54, 1.807) is 0 Å². The van der Waals surface area contributed by atoms with Crippen molar-refractivity contribution >= 4 is 54.8 Å². The van der Waals surface area contributed by atoms with Crippen LogP contribution in [0.1, 0.15) is 90.0 Å². The smallest absolute Gasteiger partial charge is 0.269 e. The zero-order valence-electron chi connectivity index (χ0n) is 56.3. The van der Waals surface area contributed by atoms with Gasteiger partial charge < -0.3 is 9.15 Å². The maximum atomic E-state index is 10.1. The zero-order valence-corrected chi connectivity index (χ0v) is 48.3. The van der Waals surface area contributed by atoms with Crippen molar-refractivity contribution in [2.24, 2.45) is 0 Å². The van der Waals surface area contributed by atoms with E-state index >= 15 is 0 Å². The molecule has 15 rings (SSSR count). The van der Waals surface area contributed by atoms with Crippen LogP contribution < -0.4 is 9.30 Å². The first kappa shape index (κ1) is 43.0. The number of benzene rings is 10. The molecule has 0 unspecified atom stereocenters. The van der Waals surface area contributed by atoms with Crippen molar-refractivity contribution in [1.82, 2.24) is 14.1 Å². The Morgan fingerprint density at radius 3 is 1.81 bits per heavy atom. The molecule has 0 N–H and O–H groups in total. The third-order valence-electron chi connectivity index (χ3n) is 16.7. The summed E-state index contributed by atoms with van der Waals surface area (Å²) in [5, 5.41) is 3.92. The van der Waals surface area contributed by atoms with Crippen molar-refractivity contribution in [1.29, 1.82) is 0 Å². The standard InChI is InChI=1S/C78H64N4O2/c1-76(2,3)51-36-37-79-73(44-51)82-68-30-16-14-26-62(68)63-34-33-56(46-69(63)82)83-55-21-18-20-54(45-55)80-47-81-74-57(48-32-35-72-66(40-48)64-27-15-17-31-71(64)84-72)28-19-29-65(74)60-24-12-10-22-58(60)59-23-11-13-25-61(59)67-41-50(42-70(80)75(67)81)49-38-52(77(4,5)6)43-53(39-49)78(7,8)9/h10-46H,1-9H3/i10D,11D,12D,13D,22D,23D,24D,25D. The summed E-state index contributed by atoms with van der Waals surface area (Å²) in [6, 6.07) is 53.1.